The normalized spacial score (nSPS) is 12.5. The van der Waals surface area contributed by atoms with Crippen LogP contribution < -0.4 is 0 Å². The Morgan fingerprint density at radius 2 is 2.18 bits per heavy atom. The van der Waals surface area contributed by atoms with Gasteiger partial charge in [0.1, 0.15) is 6.29 Å². The summed E-state index contributed by atoms with van der Waals surface area (Å²) in [4.78, 5) is 10.4. The second-order valence-electron chi connectivity index (χ2n) is 1.94. The maximum absolute atomic E-state index is 10.5. The summed E-state index contributed by atoms with van der Waals surface area (Å²) in [6.45, 7) is 0. The van der Waals surface area contributed by atoms with Crippen LogP contribution in [-0.2, 0) is 11.1 Å². The molecular weight excluding hydrogens is 164 g/mol. The maximum atomic E-state index is 10.5. The molecule has 4 heteroatoms. The predicted molar refractivity (Wildman–Crippen MR) is 40.9 cm³/mol. The molecule has 0 saturated carbocycles. The van der Waals surface area contributed by atoms with Gasteiger partial charge in [-0.05, 0) is 12.1 Å². The molecule has 0 spiro atoms. The second kappa shape index (κ2) is 3.41. The van der Waals surface area contributed by atoms with E-state index in [0.29, 0.717) is 11.8 Å². The van der Waals surface area contributed by atoms with Crippen LogP contribution in [0, 0.1) is 0 Å². The Hall–Kier alpha value is -1.00. The highest BCUT2D eigenvalue weighted by atomic mass is 32.2. The average Bonchev–Trinajstić information content (AvgIpc) is 2.05. The van der Waals surface area contributed by atoms with E-state index < -0.39 is 11.1 Å². The summed E-state index contributed by atoms with van der Waals surface area (Å²) >= 11 is -2.00. The molecule has 3 nitrogen and oxygen atoms in total. The molecule has 0 fully saturated rings. The van der Waals surface area contributed by atoms with E-state index in [-0.39, 0.29) is 4.90 Å². The number of carbonyl (C=O) groups excluding carboxylic acids is 1. The van der Waals surface area contributed by atoms with Crippen LogP contribution in [0.25, 0.3) is 0 Å². The number of aldehydes is 1. The van der Waals surface area contributed by atoms with E-state index in [4.69, 9.17) is 4.55 Å². The molecule has 0 aliphatic rings. The Labute approximate surface area is 66.3 Å². The zero-order chi connectivity index (χ0) is 8.27. The Balaban J connectivity index is 3.10. The van der Waals surface area contributed by atoms with Crippen molar-refractivity contribution in [1.82, 2.24) is 0 Å². The summed E-state index contributed by atoms with van der Waals surface area (Å²) in [6, 6.07) is 6.00. The van der Waals surface area contributed by atoms with Gasteiger partial charge in [-0.25, -0.2) is 4.21 Å². The molecule has 0 radical (unpaired) electrons. The van der Waals surface area contributed by atoms with Gasteiger partial charge in [0.05, 0.1) is 4.90 Å². The molecule has 1 N–H and O–H groups in total. The molecular formula is C7H6O3S. The summed E-state index contributed by atoms with van der Waals surface area (Å²) in [5, 5.41) is 0. The maximum Gasteiger partial charge on any atom is 0.186 e. The van der Waals surface area contributed by atoms with Crippen molar-refractivity contribution in [2.45, 2.75) is 4.90 Å². The Bertz CT molecular complexity index is 295. The van der Waals surface area contributed by atoms with Gasteiger partial charge in [-0.15, -0.1) is 0 Å². The van der Waals surface area contributed by atoms with Crippen LogP contribution >= 0.6 is 0 Å². The number of benzene rings is 1. The third-order valence-corrected chi connectivity index (χ3v) is 1.85. The Morgan fingerprint density at radius 3 is 2.73 bits per heavy atom. The number of rotatable bonds is 2. The van der Waals surface area contributed by atoms with Crippen molar-refractivity contribution >= 4 is 17.4 Å². The lowest BCUT2D eigenvalue weighted by Gasteiger charge is -1.93. The zero-order valence-corrected chi connectivity index (χ0v) is 6.38. The average molecular weight is 170 g/mol. The van der Waals surface area contributed by atoms with E-state index in [1.54, 1.807) is 12.1 Å². The monoisotopic (exact) mass is 170 g/mol. The van der Waals surface area contributed by atoms with Crippen molar-refractivity contribution in [1.29, 1.82) is 0 Å². The van der Waals surface area contributed by atoms with Gasteiger partial charge in [-0.2, -0.15) is 0 Å². The Kier molecular flexibility index (Phi) is 2.51. The predicted octanol–water partition coefficient (Wildman–Crippen LogP) is 1.08. The molecule has 1 rings (SSSR count). The van der Waals surface area contributed by atoms with E-state index in [0.717, 1.165) is 0 Å². The van der Waals surface area contributed by atoms with E-state index >= 15 is 0 Å². The van der Waals surface area contributed by atoms with Crippen molar-refractivity contribution in [2.75, 3.05) is 0 Å². The van der Waals surface area contributed by atoms with E-state index in [1.165, 1.54) is 12.1 Å². The summed E-state index contributed by atoms with van der Waals surface area (Å²) in [5.74, 6) is 0. The first kappa shape index (κ1) is 8.10. The van der Waals surface area contributed by atoms with Crippen LogP contribution in [0.1, 0.15) is 10.4 Å². The molecule has 1 atom stereocenters. The highest BCUT2D eigenvalue weighted by Gasteiger charge is 1.98. The van der Waals surface area contributed by atoms with Gasteiger partial charge in [0, 0.05) is 5.56 Å². The fourth-order valence-corrected chi connectivity index (χ4v) is 1.13. The van der Waals surface area contributed by atoms with E-state index in [1.807, 2.05) is 0 Å². The molecule has 0 aliphatic heterocycles. The van der Waals surface area contributed by atoms with Crippen LogP contribution in [0.3, 0.4) is 0 Å². The van der Waals surface area contributed by atoms with Crippen LogP contribution in [0.2, 0.25) is 0 Å². The molecule has 0 aliphatic carbocycles. The second-order valence-corrected chi connectivity index (χ2v) is 2.91. The van der Waals surface area contributed by atoms with Crippen molar-refractivity contribution in [3.8, 4) is 0 Å². The number of hydrogen-bond acceptors (Lipinski definition) is 2. The summed E-state index contributed by atoms with van der Waals surface area (Å²) in [5.41, 5.74) is 0.407. The van der Waals surface area contributed by atoms with Crippen LogP contribution in [0.15, 0.2) is 29.2 Å². The molecule has 0 amide bonds. The summed E-state index contributed by atoms with van der Waals surface area (Å²) < 4.78 is 19.1. The van der Waals surface area contributed by atoms with Gasteiger partial charge in [0.25, 0.3) is 0 Å². The smallest absolute Gasteiger partial charge is 0.186 e. The molecule has 0 heterocycles. The topological polar surface area (TPSA) is 54.4 Å². The number of carbonyl (C=O) groups is 1. The van der Waals surface area contributed by atoms with E-state index in [2.05, 4.69) is 0 Å². The molecule has 58 valence electrons. The van der Waals surface area contributed by atoms with Gasteiger partial charge in [-0.3, -0.25) is 4.79 Å². The minimum absolute atomic E-state index is 0.245. The SMILES string of the molecule is O=Cc1cccc(S(=O)O)c1. The van der Waals surface area contributed by atoms with Crippen LogP contribution in [0.5, 0.6) is 0 Å². The molecule has 1 aromatic carbocycles. The quantitative estimate of drug-likeness (QED) is 0.533. The minimum Gasteiger partial charge on any atom is -0.302 e. The third kappa shape index (κ3) is 1.96. The van der Waals surface area contributed by atoms with Crippen molar-refractivity contribution in [2.24, 2.45) is 0 Å². The summed E-state index contributed by atoms with van der Waals surface area (Å²) in [7, 11) is 0. The highest BCUT2D eigenvalue weighted by Crippen LogP contribution is 2.05. The third-order valence-electron chi connectivity index (χ3n) is 1.20. The van der Waals surface area contributed by atoms with Crippen molar-refractivity contribution in [3.63, 3.8) is 0 Å². The lowest BCUT2D eigenvalue weighted by atomic mass is 10.2. The van der Waals surface area contributed by atoms with Gasteiger partial charge < -0.3 is 4.55 Å². The minimum atomic E-state index is -2.00. The molecule has 0 bridgehead atoms. The van der Waals surface area contributed by atoms with E-state index in [9.17, 15) is 9.00 Å². The first-order chi connectivity index (χ1) is 5.24. The summed E-state index contributed by atoms with van der Waals surface area (Å²) in [6.07, 6.45) is 0.635. The zero-order valence-electron chi connectivity index (χ0n) is 5.56. The highest BCUT2D eigenvalue weighted by molar-refractivity contribution is 7.79. The molecule has 0 aromatic heterocycles. The van der Waals surface area contributed by atoms with Gasteiger partial charge >= 0.3 is 0 Å². The first-order valence-corrected chi connectivity index (χ1v) is 4.01. The van der Waals surface area contributed by atoms with Crippen molar-refractivity contribution < 1.29 is 13.6 Å². The van der Waals surface area contributed by atoms with Gasteiger partial charge in [0.15, 0.2) is 11.1 Å². The molecule has 1 unspecified atom stereocenters. The largest absolute Gasteiger partial charge is 0.302 e. The Morgan fingerprint density at radius 1 is 1.45 bits per heavy atom. The van der Waals surface area contributed by atoms with Crippen molar-refractivity contribution in [3.05, 3.63) is 29.8 Å². The standard InChI is InChI=1S/C7H6O3S/c8-5-6-2-1-3-7(4-6)11(9)10/h1-5H,(H,9,10). The lowest BCUT2D eigenvalue weighted by Crippen LogP contribution is -1.89. The molecule has 11 heavy (non-hydrogen) atoms. The van der Waals surface area contributed by atoms with Gasteiger partial charge in [0.2, 0.25) is 0 Å². The van der Waals surface area contributed by atoms with Crippen LogP contribution in [0.4, 0.5) is 0 Å². The van der Waals surface area contributed by atoms with Crippen LogP contribution in [-0.4, -0.2) is 15.0 Å². The molecule has 1 aromatic rings. The molecule has 0 saturated heterocycles. The van der Waals surface area contributed by atoms with Gasteiger partial charge in [-0.1, -0.05) is 12.1 Å². The lowest BCUT2D eigenvalue weighted by molar-refractivity contribution is 0.112. The number of hydrogen-bond donors (Lipinski definition) is 1. The first-order valence-electron chi connectivity index (χ1n) is 2.90. The fourth-order valence-electron chi connectivity index (χ4n) is 0.696. The fraction of sp³-hybridized carbons (Fsp3) is 0.